The van der Waals surface area contributed by atoms with Crippen molar-refractivity contribution in [1.82, 2.24) is 20.5 Å². The SMILES string of the molecule is CCNC(=NCCc1coc(-c2ccc(F)cc2)n1)NC1CCN(C(=O)C(C)C)C1. The minimum atomic E-state index is -0.290. The summed E-state index contributed by atoms with van der Waals surface area (Å²) in [6.07, 6.45) is 3.15. The van der Waals surface area contributed by atoms with Crippen molar-refractivity contribution in [3.63, 3.8) is 0 Å². The van der Waals surface area contributed by atoms with Gasteiger partial charge in [0.1, 0.15) is 12.1 Å². The molecule has 8 heteroatoms. The number of guanidine groups is 1. The van der Waals surface area contributed by atoms with Crippen LogP contribution in [0.25, 0.3) is 11.5 Å². The Morgan fingerprint density at radius 1 is 1.37 bits per heavy atom. The maximum absolute atomic E-state index is 13.1. The summed E-state index contributed by atoms with van der Waals surface area (Å²) in [5.41, 5.74) is 1.53. The van der Waals surface area contributed by atoms with Crippen LogP contribution in [-0.4, -0.2) is 54.0 Å². The Balaban J connectivity index is 1.53. The van der Waals surface area contributed by atoms with Gasteiger partial charge < -0.3 is 20.0 Å². The molecule has 1 amide bonds. The van der Waals surface area contributed by atoms with Crippen molar-refractivity contribution in [2.24, 2.45) is 10.9 Å². The predicted octanol–water partition coefficient (Wildman–Crippen LogP) is 2.84. The molecule has 1 unspecified atom stereocenters. The summed E-state index contributed by atoms with van der Waals surface area (Å²) in [4.78, 5) is 23.2. The molecule has 0 bridgehead atoms. The van der Waals surface area contributed by atoms with E-state index in [-0.39, 0.29) is 23.7 Å². The standard InChI is InChI=1S/C22H30FN5O2/c1-4-24-22(27-18-10-12-28(13-18)21(29)15(2)3)25-11-9-19-14-30-20(26-19)16-5-7-17(23)8-6-16/h5-8,14-15,18H,4,9-13H2,1-3H3,(H2,24,25,27). The minimum absolute atomic E-state index is 0.0212. The van der Waals surface area contributed by atoms with Gasteiger partial charge in [-0.15, -0.1) is 0 Å². The van der Waals surface area contributed by atoms with Crippen molar-refractivity contribution in [3.05, 3.63) is 42.0 Å². The number of amides is 1. The van der Waals surface area contributed by atoms with Gasteiger partial charge in [0.25, 0.3) is 0 Å². The molecular weight excluding hydrogens is 385 g/mol. The molecule has 2 aromatic rings. The summed E-state index contributed by atoms with van der Waals surface area (Å²) in [5.74, 6) is 1.14. The van der Waals surface area contributed by atoms with Gasteiger partial charge in [0.05, 0.1) is 5.69 Å². The normalized spacial score (nSPS) is 16.9. The molecule has 30 heavy (non-hydrogen) atoms. The Morgan fingerprint density at radius 3 is 2.83 bits per heavy atom. The number of likely N-dealkylation sites (tertiary alicyclic amines) is 1. The van der Waals surface area contributed by atoms with E-state index < -0.39 is 0 Å². The van der Waals surface area contributed by atoms with Gasteiger partial charge in [0, 0.05) is 50.1 Å². The molecule has 0 radical (unpaired) electrons. The second-order valence-corrected chi connectivity index (χ2v) is 7.73. The van der Waals surface area contributed by atoms with Crippen LogP contribution in [0.15, 0.2) is 39.9 Å². The number of aromatic nitrogens is 1. The highest BCUT2D eigenvalue weighted by molar-refractivity contribution is 5.81. The van der Waals surface area contributed by atoms with Crippen LogP contribution in [0.1, 0.15) is 32.9 Å². The van der Waals surface area contributed by atoms with Crippen LogP contribution in [0.2, 0.25) is 0 Å². The molecule has 1 aliphatic heterocycles. The zero-order valence-corrected chi connectivity index (χ0v) is 17.8. The molecule has 0 aliphatic carbocycles. The first kappa shape index (κ1) is 21.8. The average Bonchev–Trinajstić information content (AvgIpc) is 3.38. The summed E-state index contributed by atoms with van der Waals surface area (Å²) in [6.45, 7) is 8.66. The largest absolute Gasteiger partial charge is 0.444 e. The number of oxazole rings is 1. The third kappa shape index (κ3) is 5.81. The zero-order valence-electron chi connectivity index (χ0n) is 17.8. The lowest BCUT2D eigenvalue weighted by molar-refractivity contribution is -0.133. The van der Waals surface area contributed by atoms with Crippen molar-refractivity contribution >= 4 is 11.9 Å². The summed E-state index contributed by atoms with van der Waals surface area (Å²) in [6, 6.07) is 6.26. The zero-order chi connectivity index (χ0) is 21.5. The van der Waals surface area contributed by atoms with Gasteiger partial charge >= 0.3 is 0 Å². The molecule has 162 valence electrons. The average molecular weight is 416 g/mol. The number of benzene rings is 1. The Labute approximate surface area is 176 Å². The monoisotopic (exact) mass is 415 g/mol. The van der Waals surface area contributed by atoms with Crippen LogP contribution < -0.4 is 10.6 Å². The Hall–Kier alpha value is -2.90. The molecule has 7 nitrogen and oxygen atoms in total. The molecule has 0 saturated carbocycles. The van der Waals surface area contributed by atoms with E-state index >= 15 is 0 Å². The van der Waals surface area contributed by atoms with Crippen LogP contribution in [0, 0.1) is 11.7 Å². The maximum atomic E-state index is 13.1. The molecule has 0 spiro atoms. The van der Waals surface area contributed by atoms with Gasteiger partial charge in [-0.3, -0.25) is 9.79 Å². The van der Waals surface area contributed by atoms with Crippen molar-refractivity contribution in [2.75, 3.05) is 26.2 Å². The van der Waals surface area contributed by atoms with Crippen molar-refractivity contribution in [1.29, 1.82) is 0 Å². The van der Waals surface area contributed by atoms with Gasteiger partial charge in [-0.05, 0) is 37.6 Å². The molecule has 1 aromatic carbocycles. The van der Waals surface area contributed by atoms with Gasteiger partial charge in [0.2, 0.25) is 11.8 Å². The van der Waals surface area contributed by atoms with Crippen molar-refractivity contribution in [3.8, 4) is 11.5 Å². The van der Waals surface area contributed by atoms with Crippen LogP contribution in [0.3, 0.4) is 0 Å². The molecule has 1 aromatic heterocycles. The Kier molecular flexibility index (Phi) is 7.43. The van der Waals surface area contributed by atoms with E-state index in [0.717, 1.165) is 36.7 Å². The van der Waals surface area contributed by atoms with E-state index in [4.69, 9.17) is 4.42 Å². The predicted molar refractivity (Wildman–Crippen MR) is 115 cm³/mol. The highest BCUT2D eigenvalue weighted by Crippen LogP contribution is 2.19. The van der Waals surface area contributed by atoms with E-state index in [1.807, 2.05) is 25.7 Å². The fourth-order valence-corrected chi connectivity index (χ4v) is 3.39. The topological polar surface area (TPSA) is 82.8 Å². The van der Waals surface area contributed by atoms with E-state index in [1.165, 1.54) is 12.1 Å². The lowest BCUT2D eigenvalue weighted by atomic mass is 10.2. The summed E-state index contributed by atoms with van der Waals surface area (Å²) < 4.78 is 18.6. The number of nitrogens with one attached hydrogen (secondary N) is 2. The third-order valence-electron chi connectivity index (χ3n) is 4.96. The lowest BCUT2D eigenvalue weighted by Gasteiger charge is -2.20. The van der Waals surface area contributed by atoms with E-state index in [2.05, 4.69) is 20.6 Å². The third-order valence-corrected chi connectivity index (χ3v) is 4.96. The first-order valence-corrected chi connectivity index (χ1v) is 10.5. The number of rotatable bonds is 7. The van der Waals surface area contributed by atoms with E-state index in [0.29, 0.717) is 25.4 Å². The number of carbonyl (C=O) groups excluding carboxylic acids is 1. The fourth-order valence-electron chi connectivity index (χ4n) is 3.39. The molecule has 1 atom stereocenters. The first-order valence-electron chi connectivity index (χ1n) is 10.5. The number of hydrogen-bond acceptors (Lipinski definition) is 4. The van der Waals surface area contributed by atoms with Crippen LogP contribution in [0.4, 0.5) is 4.39 Å². The molecule has 1 saturated heterocycles. The van der Waals surface area contributed by atoms with Gasteiger partial charge in [0.15, 0.2) is 5.96 Å². The van der Waals surface area contributed by atoms with Crippen molar-refractivity contribution < 1.29 is 13.6 Å². The lowest BCUT2D eigenvalue weighted by Crippen LogP contribution is -2.45. The van der Waals surface area contributed by atoms with E-state index in [1.54, 1.807) is 18.4 Å². The maximum Gasteiger partial charge on any atom is 0.226 e. The highest BCUT2D eigenvalue weighted by Gasteiger charge is 2.27. The molecule has 1 fully saturated rings. The Bertz CT molecular complexity index is 863. The number of nitrogens with zero attached hydrogens (tertiary/aromatic N) is 3. The second kappa shape index (κ2) is 10.2. The van der Waals surface area contributed by atoms with Crippen LogP contribution in [-0.2, 0) is 11.2 Å². The molecular formula is C22H30FN5O2. The van der Waals surface area contributed by atoms with Crippen molar-refractivity contribution in [2.45, 2.75) is 39.7 Å². The van der Waals surface area contributed by atoms with Crippen LogP contribution >= 0.6 is 0 Å². The number of hydrogen-bond donors (Lipinski definition) is 2. The highest BCUT2D eigenvalue weighted by atomic mass is 19.1. The fraction of sp³-hybridized carbons (Fsp3) is 0.500. The summed E-state index contributed by atoms with van der Waals surface area (Å²) in [5, 5.41) is 6.68. The Morgan fingerprint density at radius 2 is 2.13 bits per heavy atom. The quantitative estimate of drug-likeness (QED) is 0.537. The molecule has 2 heterocycles. The smallest absolute Gasteiger partial charge is 0.226 e. The summed E-state index contributed by atoms with van der Waals surface area (Å²) in [7, 11) is 0. The molecule has 2 N–H and O–H groups in total. The van der Waals surface area contributed by atoms with Gasteiger partial charge in [-0.2, -0.15) is 0 Å². The van der Waals surface area contributed by atoms with E-state index in [9.17, 15) is 9.18 Å². The van der Waals surface area contributed by atoms with Gasteiger partial charge in [-0.1, -0.05) is 13.8 Å². The molecule has 1 aliphatic rings. The minimum Gasteiger partial charge on any atom is -0.444 e. The number of halogens is 1. The van der Waals surface area contributed by atoms with Crippen LogP contribution in [0.5, 0.6) is 0 Å². The number of aliphatic imine (C=N–C) groups is 1. The summed E-state index contributed by atoms with van der Waals surface area (Å²) >= 11 is 0. The first-order chi connectivity index (χ1) is 14.5. The van der Waals surface area contributed by atoms with Gasteiger partial charge in [-0.25, -0.2) is 9.37 Å². The number of carbonyl (C=O) groups is 1. The molecule has 3 rings (SSSR count). The second-order valence-electron chi connectivity index (χ2n) is 7.73.